The molecule has 0 bridgehead atoms. The van der Waals surface area contributed by atoms with Gasteiger partial charge in [0.2, 0.25) is 0 Å². The number of carbonyl (C=O) groups is 2. The second kappa shape index (κ2) is 8.55. The molecule has 0 aromatic heterocycles. The fourth-order valence-corrected chi connectivity index (χ4v) is 5.15. The quantitative estimate of drug-likeness (QED) is 0.539. The highest BCUT2D eigenvalue weighted by Gasteiger charge is 2.43. The monoisotopic (exact) mass is 442 g/mol. The summed E-state index contributed by atoms with van der Waals surface area (Å²) in [6.07, 6.45) is 0.840. The molecule has 0 N–H and O–H groups in total. The second-order valence-electron chi connectivity index (χ2n) is 7.68. The van der Waals surface area contributed by atoms with Crippen LogP contribution in [0.15, 0.2) is 94.4 Å². The molecule has 160 valence electrons. The number of hydrogen-bond donors (Lipinski definition) is 0. The topological polar surface area (TPSA) is 49.9 Å². The number of amides is 2. The van der Waals surface area contributed by atoms with Gasteiger partial charge in [-0.25, -0.2) is 4.90 Å². The Bertz CT molecular complexity index is 1210. The maximum atomic E-state index is 13.6. The highest BCUT2D eigenvalue weighted by Crippen LogP contribution is 2.40. The minimum Gasteiger partial charge on any atom is -0.497 e. The zero-order chi connectivity index (χ0) is 22.1. The first-order chi connectivity index (χ1) is 15.7. The summed E-state index contributed by atoms with van der Waals surface area (Å²) in [4.78, 5) is 31.9. The van der Waals surface area contributed by atoms with Gasteiger partial charge in [-0.15, -0.1) is 0 Å². The summed E-state index contributed by atoms with van der Waals surface area (Å²) in [5, 5.41) is 0. The average molecular weight is 443 g/mol. The lowest BCUT2D eigenvalue weighted by Crippen LogP contribution is -2.37. The zero-order valence-electron chi connectivity index (χ0n) is 17.7. The van der Waals surface area contributed by atoms with Crippen LogP contribution in [-0.4, -0.2) is 30.4 Å². The number of carbonyl (C=O) groups excluding carboxylic acids is 2. The third kappa shape index (κ3) is 3.67. The molecule has 3 aromatic rings. The van der Waals surface area contributed by atoms with Gasteiger partial charge in [0.15, 0.2) is 0 Å². The van der Waals surface area contributed by atoms with Gasteiger partial charge in [0, 0.05) is 18.0 Å². The molecule has 2 amide bonds. The summed E-state index contributed by atoms with van der Waals surface area (Å²) >= 11 is 1.35. The van der Waals surface area contributed by atoms with E-state index in [-0.39, 0.29) is 11.8 Å². The fourth-order valence-electron chi connectivity index (χ4n) is 4.13. The number of methoxy groups -OCH3 is 1. The normalized spacial score (nSPS) is 15.9. The second-order valence-corrected chi connectivity index (χ2v) is 8.76. The molecule has 2 aliphatic rings. The van der Waals surface area contributed by atoms with Crippen LogP contribution in [0.2, 0.25) is 0 Å². The number of anilines is 1. The van der Waals surface area contributed by atoms with Crippen molar-refractivity contribution >= 4 is 29.3 Å². The van der Waals surface area contributed by atoms with Gasteiger partial charge in [-0.05, 0) is 53.9 Å². The predicted molar refractivity (Wildman–Crippen MR) is 125 cm³/mol. The molecule has 0 saturated heterocycles. The molecule has 6 heteroatoms. The number of nitrogens with zero attached hydrogens (tertiary/aromatic N) is 2. The lowest BCUT2D eigenvalue weighted by molar-refractivity contribution is -0.121. The number of thioether (sulfide) groups is 1. The number of benzene rings is 3. The van der Waals surface area contributed by atoms with Crippen molar-refractivity contribution in [1.82, 2.24) is 4.90 Å². The van der Waals surface area contributed by atoms with Crippen molar-refractivity contribution in [2.75, 3.05) is 18.6 Å². The van der Waals surface area contributed by atoms with Crippen LogP contribution < -0.4 is 9.64 Å². The Hall–Kier alpha value is -3.51. The van der Waals surface area contributed by atoms with Gasteiger partial charge in [-0.1, -0.05) is 54.2 Å². The van der Waals surface area contributed by atoms with Crippen LogP contribution in [0.3, 0.4) is 0 Å². The Balaban J connectivity index is 1.54. The Labute approximate surface area is 191 Å². The summed E-state index contributed by atoms with van der Waals surface area (Å²) in [7, 11) is 1.59. The van der Waals surface area contributed by atoms with Crippen molar-refractivity contribution in [2.24, 2.45) is 0 Å². The smallest absolute Gasteiger partial charge is 0.283 e. The van der Waals surface area contributed by atoms with Crippen LogP contribution >= 0.6 is 11.8 Å². The lowest BCUT2D eigenvalue weighted by Gasteiger charge is -2.31. The van der Waals surface area contributed by atoms with E-state index in [1.807, 2.05) is 42.5 Å². The van der Waals surface area contributed by atoms with Crippen molar-refractivity contribution in [3.63, 3.8) is 0 Å². The van der Waals surface area contributed by atoms with Crippen LogP contribution in [0.5, 0.6) is 5.75 Å². The molecular weight excluding hydrogens is 420 g/mol. The molecule has 5 nitrogen and oxygen atoms in total. The minimum atomic E-state index is -0.289. The van der Waals surface area contributed by atoms with E-state index in [2.05, 4.69) is 17.0 Å². The average Bonchev–Trinajstić information content (AvgIpc) is 3.08. The molecule has 2 heterocycles. The molecule has 0 fully saturated rings. The summed E-state index contributed by atoms with van der Waals surface area (Å²) in [5.41, 5.74) is 3.51. The zero-order valence-corrected chi connectivity index (χ0v) is 18.5. The maximum Gasteiger partial charge on any atom is 0.283 e. The van der Waals surface area contributed by atoms with Crippen LogP contribution in [-0.2, 0) is 22.6 Å². The summed E-state index contributed by atoms with van der Waals surface area (Å²) in [6, 6.07) is 25.0. The lowest BCUT2D eigenvalue weighted by atomic mass is 9.99. The van der Waals surface area contributed by atoms with E-state index in [9.17, 15) is 9.59 Å². The molecule has 0 unspecified atom stereocenters. The molecule has 0 spiro atoms. The van der Waals surface area contributed by atoms with Gasteiger partial charge in [0.1, 0.15) is 16.4 Å². The molecule has 32 heavy (non-hydrogen) atoms. The Morgan fingerprint density at radius 2 is 1.50 bits per heavy atom. The Kier molecular flexibility index (Phi) is 5.45. The predicted octanol–water partition coefficient (Wildman–Crippen LogP) is 4.63. The van der Waals surface area contributed by atoms with E-state index in [0.29, 0.717) is 35.1 Å². The van der Waals surface area contributed by atoms with E-state index < -0.39 is 0 Å². The van der Waals surface area contributed by atoms with Crippen molar-refractivity contribution in [2.45, 2.75) is 17.9 Å². The number of fused-ring (bicyclic) bond motifs is 1. The molecule has 0 saturated carbocycles. The highest BCUT2D eigenvalue weighted by molar-refractivity contribution is 8.04. The minimum absolute atomic E-state index is 0.280. The molecule has 0 radical (unpaired) electrons. The molecule has 3 aromatic carbocycles. The van der Waals surface area contributed by atoms with Gasteiger partial charge in [-0.3, -0.25) is 9.59 Å². The van der Waals surface area contributed by atoms with Crippen LogP contribution in [0.1, 0.15) is 11.1 Å². The first-order valence-corrected chi connectivity index (χ1v) is 11.3. The van der Waals surface area contributed by atoms with Gasteiger partial charge in [-0.2, -0.15) is 0 Å². The number of hydrogen-bond acceptors (Lipinski definition) is 5. The van der Waals surface area contributed by atoms with Crippen molar-refractivity contribution < 1.29 is 14.3 Å². The van der Waals surface area contributed by atoms with Gasteiger partial charge < -0.3 is 9.64 Å². The van der Waals surface area contributed by atoms with E-state index in [1.165, 1.54) is 27.8 Å². The SMILES string of the molecule is COc1ccc(N2C(=O)C(Sc3ccccc3)=C(N3CCc4ccccc4C3)C2=O)cc1. The number of ether oxygens (including phenoxy) is 1. The fraction of sp³-hybridized carbons (Fsp3) is 0.154. The Morgan fingerprint density at radius 1 is 0.812 bits per heavy atom. The number of rotatable bonds is 5. The summed E-state index contributed by atoms with van der Waals surface area (Å²) in [5.74, 6) is 0.105. The molecule has 0 atom stereocenters. The van der Waals surface area contributed by atoms with Crippen molar-refractivity contribution in [3.05, 3.63) is 101 Å². The highest BCUT2D eigenvalue weighted by atomic mass is 32.2. The van der Waals surface area contributed by atoms with Crippen LogP contribution in [0.25, 0.3) is 0 Å². The third-order valence-corrected chi connectivity index (χ3v) is 6.84. The largest absolute Gasteiger partial charge is 0.497 e. The van der Waals surface area contributed by atoms with Gasteiger partial charge >= 0.3 is 0 Å². The van der Waals surface area contributed by atoms with Gasteiger partial charge in [0.25, 0.3) is 11.8 Å². The number of imide groups is 1. The molecular formula is C26H22N2O3S. The standard InChI is InChI=1S/C26H22N2O3S/c1-31-21-13-11-20(12-14-21)28-25(29)23(24(26(28)30)32-22-9-3-2-4-10-22)27-16-15-18-7-5-6-8-19(18)17-27/h2-14H,15-17H2,1H3. The van der Waals surface area contributed by atoms with E-state index in [1.54, 1.807) is 31.4 Å². The Morgan fingerprint density at radius 3 is 2.22 bits per heavy atom. The van der Waals surface area contributed by atoms with E-state index >= 15 is 0 Å². The summed E-state index contributed by atoms with van der Waals surface area (Å²) < 4.78 is 5.22. The molecule has 5 rings (SSSR count). The first-order valence-electron chi connectivity index (χ1n) is 10.5. The summed E-state index contributed by atoms with van der Waals surface area (Å²) in [6.45, 7) is 1.31. The third-order valence-electron chi connectivity index (χ3n) is 5.76. The van der Waals surface area contributed by atoms with Crippen molar-refractivity contribution in [1.29, 1.82) is 0 Å². The molecule has 2 aliphatic heterocycles. The van der Waals surface area contributed by atoms with E-state index in [4.69, 9.17) is 4.74 Å². The van der Waals surface area contributed by atoms with Crippen LogP contribution in [0, 0.1) is 0 Å². The van der Waals surface area contributed by atoms with Crippen LogP contribution in [0.4, 0.5) is 5.69 Å². The molecule has 0 aliphatic carbocycles. The van der Waals surface area contributed by atoms with Gasteiger partial charge in [0.05, 0.1) is 12.8 Å². The first kappa shape index (κ1) is 20.4. The van der Waals surface area contributed by atoms with Crippen molar-refractivity contribution in [3.8, 4) is 5.75 Å². The maximum absolute atomic E-state index is 13.6. The van der Waals surface area contributed by atoms with E-state index in [0.717, 1.165) is 11.3 Å².